The number of nitrogens with zero attached hydrogens (tertiary/aromatic N) is 4. The monoisotopic (exact) mass is 493 g/mol. The molecule has 8 nitrogen and oxygen atoms in total. The maximum Gasteiger partial charge on any atom is 0.277 e. The molecule has 3 N–H and O–H groups in total. The Bertz CT molecular complexity index is 1460. The highest BCUT2D eigenvalue weighted by molar-refractivity contribution is 6.13. The third kappa shape index (κ3) is 4.26. The highest BCUT2D eigenvalue weighted by atomic mass is 16.5. The van der Waals surface area contributed by atoms with Gasteiger partial charge in [0.15, 0.2) is 5.82 Å². The molecule has 1 fully saturated rings. The molecule has 37 heavy (non-hydrogen) atoms. The van der Waals surface area contributed by atoms with Crippen LogP contribution in [0.25, 0.3) is 0 Å². The van der Waals surface area contributed by atoms with E-state index in [-0.39, 0.29) is 30.6 Å². The molecular formula is C29H27N5O3. The normalized spacial score (nSPS) is 18.9. The molecule has 0 radical (unpaired) electrons. The van der Waals surface area contributed by atoms with Gasteiger partial charge in [-0.3, -0.25) is 4.79 Å². The summed E-state index contributed by atoms with van der Waals surface area (Å²) >= 11 is 0. The van der Waals surface area contributed by atoms with Gasteiger partial charge < -0.3 is 20.5 Å². The van der Waals surface area contributed by atoms with Crippen LogP contribution < -0.4 is 15.4 Å². The Kier molecular flexibility index (Phi) is 5.95. The lowest BCUT2D eigenvalue weighted by Crippen LogP contribution is -2.45. The second-order valence-corrected chi connectivity index (χ2v) is 9.79. The van der Waals surface area contributed by atoms with E-state index in [0.29, 0.717) is 28.5 Å². The van der Waals surface area contributed by atoms with E-state index >= 15 is 0 Å². The first-order chi connectivity index (χ1) is 18.1. The van der Waals surface area contributed by atoms with Gasteiger partial charge in [-0.15, -0.1) is 0 Å². The van der Waals surface area contributed by atoms with Crippen molar-refractivity contribution in [2.24, 2.45) is 16.1 Å². The number of amides is 1. The lowest BCUT2D eigenvalue weighted by Gasteiger charge is -2.42. The van der Waals surface area contributed by atoms with E-state index in [2.05, 4.69) is 56.0 Å². The number of ether oxygens (including phenoxy) is 1. The second kappa shape index (κ2) is 9.43. The van der Waals surface area contributed by atoms with Crippen molar-refractivity contribution in [3.63, 3.8) is 0 Å². The van der Waals surface area contributed by atoms with Crippen molar-refractivity contribution in [1.82, 2.24) is 9.97 Å². The number of aliphatic imine (C=N–C) groups is 1. The Hall–Kier alpha value is -4.06. The molecule has 3 aromatic rings. The van der Waals surface area contributed by atoms with Crippen LogP contribution in [-0.4, -0.2) is 46.9 Å². The molecular weight excluding hydrogens is 466 g/mol. The van der Waals surface area contributed by atoms with Gasteiger partial charge in [0, 0.05) is 30.9 Å². The number of carbonyl (C=O) groups is 1. The van der Waals surface area contributed by atoms with Crippen LogP contribution in [0.2, 0.25) is 0 Å². The lowest BCUT2D eigenvalue weighted by molar-refractivity contribution is 0.101. The van der Waals surface area contributed by atoms with Crippen LogP contribution in [0.3, 0.4) is 0 Å². The average molecular weight is 494 g/mol. The average Bonchev–Trinajstić information content (AvgIpc) is 3.43. The summed E-state index contributed by atoms with van der Waals surface area (Å²) in [5.74, 6) is 6.87. The maximum absolute atomic E-state index is 11.7. The highest BCUT2D eigenvalue weighted by Gasteiger charge is 2.46. The molecule has 1 atom stereocenters. The molecule has 1 aromatic heterocycles. The first kappa shape index (κ1) is 23.3. The van der Waals surface area contributed by atoms with Gasteiger partial charge in [-0.2, -0.15) is 0 Å². The molecule has 0 saturated carbocycles. The Morgan fingerprint density at radius 3 is 2.84 bits per heavy atom. The van der Waals surface area contributed by atoms with Gasteiger partial charge in [-0.05, 0) is 59.9 Å². The predicted molar refractivity (Wildman–Crippen MR) is 140 cm³/mol. The Morgan fingerprint density at radius 2 is 2.03 bits per heavy atom. The fourth-order valence-corrected chi connectivity index (χ4v) is 5.69. The summed E-state index contributed by atoms with van der Waals surface area (Å²) in [7, 11) is 0. The van der Waals surface area contributed by atoms with E-state index < -0.39 is 0 Å². The van der Waals surface area contributed by atoms with Crippen LogP contribution in [0.5, 0.6) is 5.75 Å². The number of piperidine rings is 1. The molecule has 2 aliphatic heterocycles. The van der Waals surface area contributed by atoms with Gasteiger partial charge in [-0.1, -0.05) is 30.2 Å². The SMILES string of the molecule is N[C@@H]1c2ccccc2CC12CCN(c1ncc(C#CCOc3ccc4c(c3)C(=O)N=C4)nc1CO)CC2. The number of nitrogens with two attached hydrogens (primary N) is 1. The molecule has 1 aliphatic carbocycles. The zero-order valence-corrected chi connectivity index (χ0v) is 20.4. The number of rotatable bonds is 4. The summed E-state index contributed by atoms with van der Waals surface area (Å²) in [4.78, 5) is 26.8. The van der Waals surface area contributed by atoms with Gasteiger partial charge in [-0.25, -0.2) is 15.0 Å². The van der Waals surface area contributed by atoms with E-state index in [1.807, 2.05) is 0 Å². The van der Waals surface area contributed by atoms with E-state index in [9.17, 15) is 9.90 Å². The minimum atomic E-state index is -0.265. The number of benzene rings is 2. The number of aliphatic hydroxyl groups excluding tert-OH is 1. The quantitative estimate of drug-likeness (QED) is 0.537. The molecule has 3 aliphatic rings. The third-order valence-corrected chi connectivity index (χ3v) is 7.73. The Morgan fingerprint density at radius 1 is 1.19 bits per heavy atom. The largest absolute Gasteiger partial charge is 0.481 e. The summed E-state index contributed by atoms with van der Waals surface area (Å²) in [5.41, 5.74) is 11.7. The molecule has 0 bridgehead atoms. The van der Waals surface area contributed by atoms with Crippen LogP contribution in [0.15, 0.2) is 53.7 Å². The Balaban J connectivity index is 1.09. The van der Waals surface area contributed by atoms with Crippen molar-refractivity contribution in [2.45, 2.75) is 31.9 Å². The second-order valence-electron chi connectivity index (χ2n) is 9.79. The lowest BCUT2D eigenvalue weighted by atomic mass is 9.73. The number of hydrogen-bond acceptors (Lipinski definition) is 7. The molecule has 186 valence electrons. The van der Waals surface area contributed by atoms with Crippen molar-refractivity contribution < 1.29 is 14.6 Å². The predicted octanol–water partition coefficient (Wildman–Crippen LogP) is 2.81. The number of hydrogen-bond donors (Lipinski definition) is 2. The van der Waals surface area contributed by atoms with Gasteiger partial charge in [0.25, 0.3) is 5.91 Å². The van der Waals surface area contributed by atoms with Crippen LogP contribution in [-0.2, 0) is 13.0 Å². The van der Waals surface area contributed by atoms with Gasteiger partial charge in [0.05, 0.1) is 18.4 Å². The molecule has 1 spiro atoms. The minimum absolute atomic E-state index is 0.0553. The molecule has 1 saturated heterocycles. The van der Waals surface area contributed by atoms with Gasteiger partial charge >= 0.3 is 0 Å². The smallest absolute Gasteiger partial charge is 0.277 e. The minimum Gasteiger partial charge on any atom is -0.481 e. The van der Waals surface area contributed by atoms with Crippen molar-refractivity contribution >= 4 is 17.9 Å². The topological polar surface area (TPSA) is 114 Å². The van der Waals surface area contributed by atoms with E-state index in [0.717, 1.165) is 37.9 Å². The summed E-state index contributed by atoms with van der Waals surface area (Å²) in [5, 5.41) is 10.00. The molecule has 2 aromatic carbocycles. The van der Waals surface area contributed by atoms with Crippen molar-refractivity contribution in [3.05, 3.63) is 82.3 Å². The maximum atomic E-state index is 11.7. The van der Waals surface area contributed by atoms with Crippen LogP contribution in [0.4, 0.5) is 5.82 Å². The standard InChI is InChI=1S/C29H27N5O3/c30-26-23-6-2-1-4-19(23)15-29(26)9-11-34(12-10-29)27-25(18-35)33-21(17-31-27)5-3-13-37-22-8-7-20-16-32-28(36)24(20)14-22/h1-2,4,6-8,14,16-17,26,35H,9-13,15,18,30H2/t26-/m1/s1. The van der Waals surface area contributed by atoms with Crippen LogP contribution in [0.1, 0.15) is 57.3 Å². The van der Waals surface area contributed by atoms with E-state index in [4.69, 9.17) is 10.5 Å². The number of aromatic nitrogens is 2. The molecule has 1 amide bonds. The van der Waals surface area contributed by atoms with Gasteiger partial charge in [0.1, 0.15) is 23.7 Å². The molecule has 3 heterocycles. The van der Waals surface area contributed by atoms with E-state index in [1.54, 1.807) is 30.6 Å². The van der Waals surface area contributed by atoms with Crippen molar-refractivity contribution in [3.8, 4) is 17.6 Å². The fourth-order valence-electron chi connectivity index (χ4n) is 5.69. The third-order valence-electron chi connectivity index (χ3n) is 7.73. The van der Waals surface area contributed by atoms with E-state index in [1.165, 1.54) is 11.1 Å². The Labute approximate surface area is 215 Å². The highest BCUT2D eigenvalue weighted by Crippen LogP contribution is 2.51. The summed E-state index contributed by atoms with van der Waals surface area (Å²) < 4.78 is 5.66. The number of anilines is 1. The van der Waals surface area contributed by atoms with Crippen molar-refractivity contribution in [2.75, 3.05) is 24.6 Å². The summed E-state index contributed by atoms with van der Waals surface area (Å²) in [6.07, 6.45) is 6.13. The molecule has 6 rings (SSSR count). The first-order valence-electron chi connectivity index (χ1n) is 12.5. The number of aliphatic hydroxyl groups is 1. The molecule has 0 unspecified atom stereocenters. The summed E-state index contributed by atoms with van der Waals surface area (Å²) in [6.45, 7) is 1.54. The van der Waals surface area contributed by atoms with Crippen LogP contribution >= 0.6 is 0 Å². The number of fused-ring (bicyclic) bond motifs is 2. The molecule has 8 heteroatoms. The van der Waals surface area contributed by atoms with Crippen LogP contribution in [0, 0.1) is 17.3 Å². The first-order valence-corrected chi connectivity index (χ1v) is 12.5. The number of carbonyl (C=O) groups excluding carboxylic acids is 1. The van der Waals surface area contributed by atoms with Gasteiger partial charge in [0.2, 0.25) is 0 Å². The zero-order chi connectivity index (χ0) is 25.4. The van der Waals surface area contributed by atoms with Crippen molar-refractivity contribution in [1.29, 1.82) is 0 Å². The fraction of sp³-hybridized carbons (Fsp3) is 0.310. The zero-order valence-electron chi connectivity index (χ0n) is 20.4. The summed E-state index contributed by atoms with van der Waals surface area (Å²) in [6, 6.07) is 13.8.